The number of carbonyl (C=O) groups excluding carboxylic acids is 1. The predicted molar refractivity (Wildman–Crippen MR) is 99.8 cm³/mol. The molecule has 0 aliphatic rings. The van der Waals surface area contributed by atoms with Crippen molar-refractivity contribution in [2.45, 2.75) is 38.1 Å². The first kappa shape index (κ1) is 19.3. The molecule has 2 aromatic heterocycles. The fourth-order valence-electron chi connectivity index (χ4n) is 2.79. The molecule has 3 aromatic rings. The number of aromatic nitrogens is 3. The van der Waals surface area contributed by atoms with Crippen molar-refractivity contribution in [2.24, 2.45) is 5.73 Å². The van der Waals surface area contributed by atoms with E-state index in [9.17, 15) is 9.18 Å². The van der Waals surface area contributed by atoms with Gasteiger partial charge in [0.25, 0.3) is 5.89 Å². The minimum absolute atomic E-state index is 0.0927. The van der Waals surface area contributed by atoms with Gasteiger partial charge in [0.15, 0.2) is 5.15 Å². The number of rotatable bonds is 9. The molecule has 0 radical (unpaired) electrons. The summed E-state index contributed by atoms with van der Waals surface area (Å²) in [6.07, 6.45) is 6.40. The lowest BCUT2D eigenvalue weighted by Crippen LogP contribution is -2.11. The van der Waals surface area contributed by atoms with Gasteiger partial charge in [0.05, 0.1) is 11.9 Å². The molecule has 0 fully saturated rings. The molecule has 27 heavy (non-hydrogen) atoms. The standard InChI is InChI=1S/C19H20ClFN4O2/c20-17-16(24-18(25-17)12-6-8-13(21)9-7-12)14(22)4-2-1-3-5-15(26)19-23-10-11-27-19/h6-11,14H,1-5,22H2,(H,24,25). The number of nitrogens with two attached hydrogens (primary N) is 1. The molecule has 3 rings (SSSR count). The molecule has 1 atom stereocenters. The minimum Gasteiger partial charge on any atom is -0.442 e. The molecule has 0 amide bonds. The highest BCUT2D eigenvalue weighted by molar-refractivity contribution is 6.30. The molecular weight excluding hydrogens is 371 g/mol. The Kier molecular flexibility index (Phi) is 6.36. The Hall–Kier alpha value is -2.51. The van der Waals surface area contributed by atoms with Gasteiger partial charge in [0, 0.05) is 18.0 Å². The fraction of sp³-hybridized carbons (Fsp3) is 0.316. The van der Waals surface area contributed by atoms with E-state index in [1.807, 2.05) is 0 Å². The Bertz CT molecular complexity index is 878. The van der Waals surface area contributed by atoms with E-state index in [0.29, 0.717) is 29.5 Å². The summed E-state index contributed by atoms with van der Waals surface area (Å²) in [5, 5.41) is 0.320. The van der Waals surface area contributed by atoms with Crippen LogP contribution in [0.4, 0.5) is 4.39 Å². The third-order valence-corrected chi connectivity index (χ3v) is 4.55. The van der Waals surface area contributed by atoms with Crippen molar-refractivity contribution < 1.29 is 13.6 Å². The normalized spacial score (nSPS) is 12.3. The highest BCUT2D eigenvalue weighted by Gasteiger charge is 2.16. The number of oxazole rings is 1. The summed E-state index contributed by atoms with van der Waals surface area (Å²) >= 11 is 6.20. The maximum atomic E-state index is 13.0. The third kappa shape index (κ3) is 5.02. The zero-order chi connectivity index (χ0) is 19.2. The van der Waals surface area contributed by atoms with Crippen LogP contribution >= 0.6 is 11.6 Å². The lowest BCUT2D eigenvalue weighted by molar-refractivity contribution is 0.0945. The average molecular weight is 391 g/mol. The van der Waals surface area contributed by atoms with Crippen LogP contribution in [-0.2, 0) is 0 Å². The summed E-state index contributed by atoms with van der Waals surface area (Å²) in [5.41, 5.74) is 7.62. The Morgan fingerprint density at radius 1 is 1.26 bits per heavy atom. The molecule has 6 nitrogen and oxygen atoms in total. The smallest absolute Gasteiger partial charge is 0.263 e. The number of ketones is 1. The van der Waals surface area contributed by atoms with E-state index in [2.05, 4.69) is 15.0 Å². The molecule has 0 saturated carbocycles. The highest BCUT2D eigenvalue weighted by atomic mass is 35.5. The van der Waals surface area contributed by atoms with Crippen LogP contribution in [0.25, 0.3) is 11.4 Å². The van der Waals surface area contributed by atoms with E-state index in [0.717, 1.165) is 24.8 Å². The zero-order valence-electron chi connectivity index (χ0n) is 14.6. The van der Waals surface area contributed by atoms with Gasteiger partial charge in [-0.05, 0) is 37.1 Å². The lowest BCUT2D eigenvalue weighted by atomic mass is 10.0. The lowest BCUT2D eigenvalue weighted by Gasteiger charge is -2.09. The largest absolute Gasteiger partial charge is 0.442 e. The Balaban J connectivity index is 1.47. The highest BCUT2D eigenvalue weighted by Crippen LogP contribution is 2.27. The monoisotopic (exact) mass is 390 g/mol. The number of imidazole rings is 1. The molecular formula is C19H20ClFN4O2. The molecule has 142 valence electrons. The number of aromatic amines is 1. The van der Waals surface area contributed by atoms with E-state index in [1.54, 1.807) is 12.1 Å². The average Bonchev–Trinajstić information content (AvgIpc) is 3.31. The van der Waals surface area contributed by atoms with Gasteiger partial charge in [-0.3, -0.25) is 4.79 Å². The van der Waals surface area contributed by atoms with Crippen molar-refractivity contribution in [3.63, 3.8) is 0 Å². The Morgan fingerprint density at radius 3 is 2.74 bits per heavy atom. The second kappa shape index (κ2) is 8.92. The molecule has 1 unspecified atom stereocenters. The second-order valence-electron chi connectivity index (χ2n) is 6.26. The summed E-state index contributed by atoms with van der Waals surface area (Å²) in [4.78, 5) is 23.0. The van der Waals surface area contributed by atoms with Crippen molar-refractivity contribution >= 4 is 17.4 Å². The van der Waals surface area contributed by atoms with Crippen molar-refractivity contribution in [1.82, 2.24) is 15.0 Å². The van der Waals surface area contributed by atoms with Crippen LogP contribution in [0.15, 0.2) is 41.1 Å². The first-order valence-corrected chi connectivity index (χ1v) is 9.12. The molecule has 2 heterocycles. The molecule has 3 N–H and O–H groups in total. The summed E-state index contributed by atoms with van der Waals surface area (Å²) < 4.78 is 18.0. The number of nitrogens with zero attached hydrogens (tertiary/aromatic N) is 2. The SMILES string of the molecule is NC(CCCCCC(=O)c1ncco1)c1[nH]c(-c2ccc(F)cc2)nc1Cl. The molecule has 0 aliphatic heterocycles. The van der Waals surface area contributed by atoms with Crippen molar-refractivity contribution in [3.05, 3.63) is 59.3 Å². The van der Waals surface area contributed by atoms with Gasteiger partial charge in [-0.25, -0.2) is 14.4 Å². The van der Waals surface area contributed by atoms with Crippen LogP contribution in [0.3, 0.4) is 0 Å². The van der Waals surface area contributed by atoms with Gasteiger partial charge in [0.1, 0.15) is 17.9 Å². The van der Waals surface area contributed by atoms with Crippen LogP contribution in [0, 0.1) is 5.82 Å². The van der Waals surface area contributed by atoms with Crippen LogP contribution in [0.1, 0.15) is 54.5 Å². The number of hydrogen-bond donors (Lipinski definition) is 2. The summed E-state index contributed by atoms with van der Waals surface area (Å²) in [6, 6.07) is 5.70. The van der Waals surface area contributed by atoms with Gasteiger partial charge >= 0.3 is 0 Å². The summed E-state index contributed by atoms with van der Waals surface area (Å²) in [6.45, 7) is 0. The maximum absolute atomic E-state index is 13.0. The first-order valence-electron chi connectivity index (χ1n) is 8.74. The summed E-state index contributed by atoms with van der Waals surface area (Å²) in [5.74, 6) is 0.311. The van der Waals surface area contributed by atoms with Crippen LogP contribution < -0.4 is 5.73 Å². The van der Waals surface area contributed by atoms with Crippen LogP contribution in [-0.4, -0.2) is 20.7 Å². The maximum Gasteiger partial charge on any atom is 0.263 e. The number of carbonyl (C=O) groups is 1. The third-order valence-electron chi connectivity index (χ3n) is 4.26. The van der Waals surface area contributed by atoms with Gasteiger partial charge in [0.2, 0.25) is 5.78 Å². The fourth-order valence-corrected chi connectivity index (χ4v) is 3.07. The first-order chi connectivity index (χ1) is 13.0. The number of nitrogens with one attached hydrogen (secondary N) is 1. The molecule has 0 bridgehead atoms. The Morgan fingerprint density at radius 2 is 2.04 bits per heavy atom. The van der Waals surface area contributed by atoms with Crippen molar-refractivity contribution in [2.75, 3.05) is 0 Å². The van der Waals surface area contributed by atoms with E-state index in [4.69, 9.17) is 21.8 Å². The number of halogens is 2. The summed E-state index contributed by atoms with van der Waals surface area (Å²) in [7, 11) is 0. The van der Waals surface area contributed by atoms with Gasteiger partial charge in [-0.15, -0.1) is 0 Å². The number of benzene rings is 1. The zero-order valence-corrected chi connectivity index (χ0v) is 15.4. The Labute approximate surface area is 161 Å². The molecule has 0 saturated heterocycles. The topological polar surface area (TPSA) is 97.8 Å². The van der Waals surface area contributed by atoms with Crippen LogP contribution in [0.5, 0.6) is 0 Å². The van der Waals surface area contributed by atoms with E-state index in [-0.39, 0.29) is 23.5 Å². The molecule has 0 aliphatic carbocycles. The second-order valence-corrected chi connectivity index (χ2v) is 6.62. The van der Waals surface area contributed by atoms with Gasteiger partial charge < -0.3 is 15.1 Å². The molecule has 1 aromatic carbocycles. The number of hydrogen-bond acceptors (Lipinski definition) is 5. The van der Waals surface area contributed by atoms with Crippen LogP contribution in [0.2, 0.25) is 5.15 Å². The minimum atomic E-state index is -0.311. The quantitative estimate of drug-likeness (QED) is 0.408. The number of Topliss-reactive ketones (excluding diaryl/α,β-unsaturated/α-hetero) is 1. The van der Waals surface area contributed by atoms with Crippen molar-refractivity contribution in [1.29, 1.82) is 0 Å². The van der Waals surface area contributed by atoms with E-state index < -0.39 is 0 Å². The van der Waals surface area contributed by atoms with E-state index >= 15 is 0 Å². The number of unbranched alkanes of at least 4 members (excludes halogenated alkanes) is 2. The number of H-pyrrole nitrogens is 1. The molecule has 0 spiro atoms. The van der Waals surface area contributed by atoms with E-state index in [1.165, 1.54) is 24.6 Å². The van der Waals surface area contributed by atoms with Gasteiger partial charge in [-0.2, -0.15) is 0 Å². The molecule has 8 heteroatoms. The predicted octanol–water partition coefficient (Wildman–Crippen LogP) is 4.69. The van der Waals surface area contributed by atoms with Gasteiger partial charge in [-0.1, -0.05) is 24.4 Å². The van der Waals surface area contributed by atoms with Crippen molar-refractivity contribution in [3.8, 4) is 11.4 Å².